The average Bonchev–Trinajstić information content (AvgIpc) is 4.08. The number of carbonyl (C=O) groups is 2. The molecule has 2 spiro atoms. The summed E-state index contributed by atoms with van der Waals surface area (Å²) in [7, 11) is 0. The van der Waals surface area contributed by atoms with Crippen molar-refractivity contribution < 1.29 is 19.1 Å². The quantitative estimate of drug-likeness (QED) is 0.0658. The number of amides is 2. The highest BCUT2D eigenvalue weighted by atomic mass is 16.5. The first-order chi connectivity index (χ1) is 34.7. The van der Waals surface area contributed by atoms with E-state index >= 15 is 0 Å². The summed E-state index contributed by atoms with van der Waals surface area (Å²) in [6, 6.07) is 33.5. The summed E-state index contributed by atoms with van der Waals surface area (Å²) in [4.78, 5) is 25.1. The first-order valence-corrected chi connectivity index (χ1v) is 25.4. The number of benzene rings is 4. The van der Waals surface area contributed by atoms with Crippen LogP contribution >= 0.6 is 0 Å². The number of rotatable bonds is 17. The van der Waals surface area contributed by atoms with Crippen molar-refractivity contribution >= 4 is 23.0 Å². The molecule has 71 heavy (non-hydrogen) atoms. The van der Waals surface area contributed by atoms with Crippen LogP contribution in [0.3, 0.4) is 0 Å². The predicted molar refractivity (Wildman–Crippen MR) is 274 cm³/mol. The number of aromatic nitrogens is 8. The van der Waals surface area contributed by atoms with Crippen molar-refractivity contribution in [2.24, 2.45) is 0 Å². The molecule has 2 amide bonds. The summed E-state index contributed by atoms with van der Waals surface area (Å²) in [5, 5.41) is 38.6. The lowest BCUT2D eigenvalue weighted by atomic mass is 9.83. The van der Waals surface area contributed by atoms with Crippen molar-refractivity contribution in [2.45, 2.75) is 109 Å². The van der Waals surface area contributed by atoms with Gasteiger partial charge in [0, 0.05) is 74.9 Å². The molecule has 16 nitrogen and oxygen atoms in total. The number of nitrogens with zero attached hydrogens (tertiary/aromatic N) is 8. The third kappa shape index (κ3) is 12.7. The highest BCUT2D eigenvalue weighted by molar-refractivity contribution is 5.86. The van der Waals surface area contributed by atoms with Crippen LogP contribution < -0.4 is 30.7 Å². The number of piperidine rings is 2. The van der Waals surface area contributed by atoms with Gasteiger partial charge in [-0.15, -0.1) is 20.4 Å². The van der Waals surface area contributed by atoms with Crippen molar-refractivity contribution in [3.8, 4) is 34.3 Å². The standard InChI is InChI=1S/C28H34N6O2.C27H32N6O2/c1-21(35)30-16-6-2-3-7-19-34-32-27(31-33-34)23-12-10-22(11-13-23)25-20-28(14-17-29-18-15-28)36-26-9-5-4-8-24(25)26;1-20(34)29-15-5-2-6-18-33-31-26(30-32-33)22-11-9-21(10-12-22)24-19-27(13-16-28-17-14-27)35-25-8-4-3-7-23(24)25/h4-5,8-13,20,29H,2-3,6-7,14-19H2,1H3,(H,30,35);3-4,7-12,19,28H,2,5-6,13-18H2,1H3,(H,29,34). The highest BCUT2D eigenvalue weighted by Crippen LogP contribution is 2.44. The maximum absolute atomic E-state index is 10.9. The van der Waals surface area contributed by atoms with E-state index in [9.17, 15) is 9.59 Å². The average molecular weight is 959 g/mol. The molecule has 16 heteroatoms. The molecule has 2 fully saturated rings. The molecular weight excluding hydrogens is 893 g/mol. The van der Waals surface area contributed by atoms with Gasteiger partial charge < -0.3 is 30.7 Å². The largest absolute Gasteiger partial charge is 0.482 e. The number of aryl methyl sites for hydroxylation is 2. The highest BCUT2D eigenvalue weighted by Gasteiger charge is 2.38. The number of ether oxygens (including phenoxy) is 2. The summed E-state index contributed by atoms with van der Waals surface area (Å²) >= 11 is 0. The molecule has 4 N–H and O–H groups in total. The minimum Gasteiger partial charge on any atom is -0.482 e. The van der Waals surface area contributed by atoms with Crippen LogP contribution in [0.2, 0.25) is 0 Å². The van der Waals surface area contributed by atoms with Gasteiger partial charge in [-0.2, -0.15) is 9.59 Å². The van der Waals surface area contributed by atoms with E-state index in [-0.39, 0.29) is 23.0 Å². The van der Waals surface area contributed by atoms with Gasteiger partial charge in [0.15, 0.2) is 0 Å². The van der Waals surface area contributed by atoms with E-state index in [1.54, 1.807) is 16.5 Å². The first kappa shape index (κ1) is 49.0. The normalized spacial score (nSPS) is 16.3. The molecule has 6 aromatic rings. The van der Waals surface area contributed by atoms with Crippen molar-refractivity contribution in [1.82, 2.24) is 61.7 Å². The molecule has 0 bridgehead atoms. The number of para-hydroxylation sites is 2. The molecule has 0 atom stereocenters. The van der Waals surface area contributed by atoms with Gasteiger partial charge in [-0.05, 0) is 115 Å². The Morgan fingerprint density at radius 1 is 0.521 bits per heavy atom. The van der Waals surface area contributed by atoms with Gasteiger partial charge in [-0.3, -0.25) is 9.59 Å². The van der Waals surface area contributed by atoms with Crippen LogP contribution in [0.25, 0.3) is 33.9 Å². The Morgan fingerprint density at radius 2 is 0.901 bits per heavy atom. The zero-order valence-corrected chi connectivity index (χ0v) is 41.0. The summed E-state index contributed by atoms with van der Waals surface area (Å²) in [5.41, 5.74) is 8.44. The molecule has 0 aliphatic carbocycles. The monoisotopic (exact) mass is 959 g/mol. The van der Waals surface area contributed by atoms with Crippen LogP contribution in [0.15, 0.2) is 109 Å². The van der Waals surface area contributed by atoms with Crippen molar-refractivity contribution in [1.29, 1.82) is 0 Å². The lowest BCUT2D eigenvalue weighted by molar-refractivity contribution is -0.119. The number of unbranched alkanes of at least 4 members (excludes halogenated alkanes) is 5. The Kier molecular flexibility index (Phi) is 16.0. The van der Waals surface area contributed by atoms with Crippen molar-refractivity contribution in [3.63, 3.8) is 0 Å². The van der Waals surface area contributed by atoms with Gasteiger partial charge in [-0.25, -0.2) is 0 Å². The second-order valence-corrected chi connectivity index (χ2v) is 19.0. The third-order valence-corrected chi connectivity index (χ3v) is 13.6. The predicted octanol–water partition coefficient (Wildman–Crippen LogP) is 7.58. The van der Waals surface area contributed by atoms with E-state index in [0.29, 0.717) is 24.7 Å². The lowest BCUT2D eigenvalue weighted by Crippen LogP contribution is -2.46. The Labute approximate surface area is 416 Å². The van der Waals surface area contributed by atoms with E-state index in [1.165, 1.54) is 23.6 Å². The van der Waals surface area contributed by atoms with Crippen LogP contribution in [0.1, 0.15) is 107 Å². The number of tetrazole rings is 2. The van der Waals surface area contributed by atoms with E-state index in [4.69, 9.17) is 9.47 Å². The maximum atomic E-state index is 10.9. The van der Waals surface area contributed by atoms with E-state index in [2.05, 4.69) is 149 Å². The van der Waals surface area contributed by atoms with Crippen LogP contribution in [-0.2, 0) is 22.7 Å². The molecule has 4 aromatic carbocycles. The van der Waals surface area contributed by atoms with Crippen LogP contribution in [0.5, 0.6) is 11.5 Å². The second kappa shape index (κ2) is 23.3. The summed E-state index contributed by atoms with van der Waals surface area (Å²) in [5.74, 6) is 3.23. The van der Waals surface area contributed by atoms with Gasteiger partial charge in [-0.1, -0.05) is 97.8 Å². The summed E-state index contributed by atoms with van der Waals surface area (Å²) < 4.78 is 13.0. The molecule has 10 rings (SSSR count). The first-order valence-electron chi connectivity index (χ1n) is 25.4. The molecule has 0 radical (unpaired) electrons. The van der Waals surface area contributed by atoms with Gasteiger partial charge in [0.05, 0.1) is 13.1 Å². The molecule has 370 valence electrons. The Hall–Kier alpha value is -7.04. The smallest absolute Gasteiger partial charge is 0.216 e. The fourth-order valence-electron chi connectivity index (χ4n) is 9.73. The molecule has 0 saturated carbocycles. The van der Waals surface area contributed by atoms with Crippen molar-refractivity contribution in [3.05, 3.63) is 131 Å². The Morgan fingerprint density at radius 3 is 1.32 bits per heavy atom. The fourth-order valence-corrected chi connectivity index (χ4v) is 9.73. The van der Waals surface area contributed by atoms with Crippen LogP contribution in [0, 0.1) is 0 Å². The molecule has 4 aliphatic heterocycles. The SMILES string of the molecule is CC(=O)NCCCCCCn1nnc(-c2ccc(C3=CC4(CCNCC4)Oc4ccccc43)cc2)n1.CC(=O)NCCCCCn1nnc(-c2ccc(C3=CC4(CCNCC4)Oc4ccccc43)cc2)n1. The molecule has 0 unspecified atom stereocenters. The molecule has 2 aromatic heterocycles. The van der Waals surface area contributed by atoms with E-state index in [0.717, 1.165) is 149 Å². The van der Waals surface area contributed by atoms with E-state index < -0.39 is 0 Å². The molecule has 6 heterocycles. The van der Waals surface area contributed by atoms with Crippen LogP contribution in [-0.4, -0.2) is 103 Å². The third-order valence-electron chi connectivity index (χ3n) is 13.6. The number of nitrogens with one attached hydrogen (secondary N) is 4. The summed E-state index contributed by atoms with van der Waals surface area (Å²) in [6.07, 6.45) is 15.5. The minimum absolute atomic E-state index is 0.0155. The Balaban J connectivity index is 0.000000176. The molecular formula is C55H66N12O4. The number of fused-ring (bicyclic) bond motifs is 2. The lowest BCUT2D eigenvalue weighted by Gasteiger charge is -2.40. The van der Waals surface area contributed by atoms with Gasteiger partial charge in [0.25, 0.3) is 0 Å². The molecule has 4 aliphatic rings. The topological polar surface area (TPSA) is 188 Å². The van der Waals surface area contributed by atoms with Gasteiger partial charge in [0.1, 0.15) is 22.7 Å². The maximum Gasteiger partial charge on any atom is 0.216 e. The zero-order valence-electron chi connectivity index (χ0n) is 41.0. The van der Waals surface area contributed by atoms with Gasteiger partial charge in [0.2, 0.25) is 23.5 Å². The van der Waals surface area contributed by atoms with Crippen molar-refractivity contribution in [2.75, 3.05) is 39.3 Å². The fraction of sp³-hybridized carbons (Fsp3) is 0.418. The zero-order chi connectivity index (χ0) is 48.9. The molecule has 2 saturated heterocycles. The van der Waals surface area contributed by atoms with E-state index in [1.807, 2.05) is 12.1 Å². The number of carbonyl (C=O) groups excluding carboxylic acids is 2. The minimum atomic E-state index is -0.250. The Bertz CT molecular complexity index is 2790. The van der Waals surface area contributed by atoms with Crippen LogP contribution in [0.4, 0.5) is 0 Å². The second-order valence-electron chi connectivity index (χ2n) is 19.0. The number of hydrogen-bond donors (Lipinski definition) is 4. The van der Waals surface area contributed by atoms with Gasteiger partial charge >= 0.3 is 0 Å². The number of hydrogen-bond acceptors (Lipinski definition) is 12. The summed E-state index contributed by atoms with van der Waals surface area (Å²) in [6.45, 7) is 9.84.